The SMILES string of the molecule is CC(Sc1nnc(C(C)(C)C)o1)C(=O)Nc1ccccc1C(F)(F)F. The van der Waals surface area contributed by atoms with Crippen LogP contribution in [0.4, 0.5) is 18.9 Å². The molecule has 0 bridgehead atoms. The van der Waals surface area contributed by atoms with Crippen LogP contribution in [0.5, 0.6) is 0 Å². The number of carbonyl (C=O) groups excluding carboxylic acids is 1. The van der Waals surface area contributed by atoms with Crippen molar-refractivity contribution in [2.24, 2.45) is 0 Å². The van der Waals surface area contributed by atoms with Gasteiger partial charge in [0.1, 0.15) is 0 Å². The number of para-hydroxylation sites is 1. The van der Waals surface area contributed by atoms with Crippen LogP contribution in [0.3, 0.4) is 0 Å². The number of amides is 1. The van der Waals surface area contributed by atoms with Gasteiger partial charge >= 0.3 is 6.18 Å². The minimum atomic E-state index is -4.55. The molecule has 0 radical (unpaired) electrons. The lowest BCUT2D eigenvalue weighted by molar-refractivity contribution is -0.137. The van der Waals surface area contributed by atoms with E-state index >= 15 is 0 Å². The number of rotatable bonds is 4. The highest BCUT2D eigenvalue weighted by Gasteiger charge is 2.34. The van der Waals surface area contributed by atoms with E-state index in [9.17, 15) is 18.0 Å². The standard InChI is InChI=1S/C16H18F3N3O2S/c1-9(25-14-22-21-13(24-14)15(2,3)4)12(23)20-11-8-6-5-7-10(11)16(17,18)19/h5-9H,1-4H3,(H,20,23). The van der Waals surface area contributed by atoms with Crippen LogP contribution < -0.4 is 5.32 Å². The zero-order valence-corrected chi connectivity index (χ0v) is 15.0. The summed E-state index contributed by atoms with van der Waals surface area (Å²) in [4.78, 5) is 12.2. The van der Waals surface area contributed by atoms with Gasteiger partial charge < -0.3 is 9.73 Å². The molecule has 0 aliphatic rings. The molecule has 0 spiro atoms. The summed E-state index contributed by atoms with van der Waals surface area (Å²) in [7, 11) is 0. The van der Waals surface area contributed by atoms with Crippen LogP contribution in [-0.2, 0) is 16.4 Å². The number of nitrogens with zero attached hydrogens (tertiary/aromatic N) is 2. The van der Waals surface area contributed by atoms with E-state index < -0.39 is 22.9 Å². The quantitative estimate of drug-likeness (QED) is 0.799. The monoisotopic (exact) mass is 373 g/mol. The van der Waals surface area contributed by atoms with E-state index in [4.69, 9.17) is 4.42 Å². The number of hydrogen-bond donors (Lipinski definition) is 1. The summed E-state index contributed by atoms with van der Waals surface area (Å²) in [5.41, 5.74) is -1.51. The highest BCUT2D eigenvalue weighted by molar-refractivity contribution is 8.00. The van der Waals surface area contributed by atoms with Gasteiger partial charge in [0.25, 0.3) is 5.22 Å². The first kappa shape index (κ1) is 19.3. The predicted octanol–water partition coefficient (Wildman–Crippen LogP) is 4.51. The van der Waals surface area contributed by atoms with Crippen LogP contribution in [0.1, 0.15) is 39.1 Å². The summed E-state index contributed by atoms with van der Waals surface area (Å²) in [6.07, 6.45) is -4.55. The smallest absolute Gasteiger partial charge is 0.415 e. The Hall–Kier alpha value is -2.03. The minimum absolute atomic E-state index is 0.191. The Kier molecular flexibility index (Phi) is 5.46. The molecule has 0 saturated heterocycles. The minimum Gasteiger partial charge on any atom is -0.415 e. The lowest BCUT2D eigenvalue weighted by Gasteiger charge is -2.15. The van der Waals surface area contributed by atoms with E-state index in [0.29, 0.717) is 5.89 Å². The average Bonchev–Trinajstić information content (AvgIpc) is 2.95. The molecule has 25 heavy (non-hydrogen) atoms. The maximum Gasteiger partial charge on any atom is 0.418 e. The predicted molar refractivity (Wildman–Crippen MR) is 88.4 cm³/mol. The largest absolute Gasteiger partial charge is 0.418 e. The molecule has 0 fully saturated rings. The number of hydrogen-bond acceptors (Lipinski definition) is 5. The van der Waals surface area contributed by atoms with Crippen LogP contribution in [0.25, 0.3) is 0 Å². The van der Waals surface area contributed by atoms with Crippen molar-refractivity contribution >= 4 is 23.4 Å². The van der Waals surface area contributed by atoms with Gasteiger partial charge in [-0.2, -0.15) is 13.2 Å². The molecule has 1 aromatic carbocycles. The Morgan fingerprint density at radius 1 is 1.20 bits per heavy atom. The van der Waals surface area contributed by atoms with Gasteiger partial charge in [0.05, 0.1) is 16.5 Å². The van der Waals surface area contributed by atoms with Crippen LogP contribution in [0.15, 0.2) is 33.9 Å². The van der Waals surface area contributed by atoms with Gasteiger partial charge in [-0.1, -0.05) is 44.7 Å². The fraction of sp³-hybridized carbons (Fsp3) is 0.438. The van der Waals surface area contributed by atoms with Crippen molar-refractivity contribution in [1.82, 2.24) is 10.2 Å². The van der Waals surface area contributed by atoms with Gasteiger partial charge in [0.2, 0.25) is 11.8 Å². The number of aromatic nitrogens is 2. The molecule has 1 atom stereocenters. The van der Waals surface area contributed by atoms with E-state index in [0.717, 1.165) is 17.8 Å². The van der Waals surface area contributed by atoms with E-state index in [1.54, 1.807) is 6.92 Å². The van der Waals surface area contributed by atoms with Gasteiger partial charge in [0, 0.05) is 5.41 Å². The number of nitrogens with one attached hydrogen (secondary N) is 1. The van der Waals surface area contributed by atoms with E-state index in [-0.39, 0.29) is 16.3 Å². The molecule has 2 aromatic rings. The zero-order valence-electron chi connectivity index (χ0n) is 14.1. The molecular formula is C16H18F3N3O2S. The zero-order chi connectivity index (χ0) is 18.8. The molecular weight excluding hydrogens is 355 g/mol. The number of alkyl halides is 3. The number of carbonyl (C=O) groups is 1. The number of anilines is 1. The topological polar surface area (TPSA) is 68.0 Å². The molecule has 0 aliphatic heterocycles. The first-order valence-electron chi connectivity index (χ1n) is 7.46. The van der Waals surface area contributed by atoms with Crippen LogP contribution in [0, 0.1) is 0 Å². The Morgan fingerprint density at radius 3 is 2.40 bits per heavy atom. The fourth-order valence-electron chi connectivity index (χ4n) is 1.84. The summed E-state index contributed by atoms with van der Waals surface area (Å²) in [5.74, 6) is -0.165. The molecule has 9 heteroatoms. The van der Waals surface area contributed by atoms with Crippen molar-refractivity contribution in [2.75, 3.05) is 5.32 Å². The summed E-state index contributed by atoms with van der Waals surface area (Å²) in [5, 5.41) is 9.55. The highest BCUT2D eigenvalue weighted by Crippen LogP contribution is 2.35. The van der Waals surface area contributed by atoms with E-state index in [2.05, 4.69) is 15.5 Å². The molecule has 1 aromatic heterocycles. The molecule has 1 unspecified atom stereocenters. The van der Waals surface area contributed by atoms with Crippen molar-refractivity contribution < 1.29 is 22.4 Å². The Labute approximate surface area is 147 Å². The summed E-state index contributed by atoms with van der Waals surface area (Å²) in [6.45, 7) is 7.26. The number of benzene rings is 1. The Morgan fingerprint density at radius 2 is 1.84 bits per heavy atom. The lowest BCUT2D eigenvalue weighted by Crippen LogP contribution is -2.24. The molecule has 0 saturated carbocycles. The second kappa shape index (κ2) is 7.07. The molecule has 1 heterocycles. The second-order valence-electron chi connectivity index (χ2n) is 6.42. The van der Waals surface area contributed by atoms with Crippen molar-refractivity contribution in [3.63, 3.8) is 0 Å². The van der Waals surface area contributed by atoms with E-state index in [1.165, 1.54) is 18.2 Å². The number of thioether (sulfide) groups is 1. The number of halogens is 3. The first-order chi connectivity index (χ1) is 11.5. The van der Waals surface area contributed by atoms with Crippen LogP contribution in [-0.4, -0.2) is 21.4 Å². The van der Waals surface area contributed by atoms with E-state index in [1.807, 2.05) is 20.8 Å². The molecule has 0 aliphatic carbocycles. The first-order valence-corrected chi connectivity index (χ1v) is 8.34. The Bertz CT molecular complexity index is 754. The van der Waals surface area contributed by atoms with Crippen molar-refractivity contribution in [2.45, 2.75) is 49.8 Å². The normalized spacial score (nSPS) is 13.6. The maximum absolute atomic E-state index is 13.0. The summed E-state index contributed by atoms with van der Waals surface area (Å²) in [6, 6.07) is 4.82. The molecule has 1 amide bonds. The third kappa shape index (κ3) is 4.97. The van der Waals surface area contributed by atoms with Crippen molar-refractivity contribution in [1.29, 1.82) is 0 Å². The third-order valence-electron chi connectivity index (χ3n) is 3.19. The fourth-order valence-corrected chi connectivity index (χ4v) is 2.52. The molecule has 5 nitrogen and oxygen atoms in total. The molecule has 2 rings (SSSR count). The van der Waals surface area contributed by atoms with Crippen molar-refractivity contribution in [3.05, 3.63) is 35.7 Å². The highest BCUT2D eigenvalue weighted by atomic mass is 32.2. The van der Waals surface area contributed by atoms with Crippen molar-refractivity contribution in [3.8, 4) is 0 Å². The summed E-state index contributed by atoms with van der Waals surface area (Å²) >= 11 is 0.988. The van der Waals surface area contributed by atoms with Gasteiger partial charge in [0.15, 0.2) is 0 Å². The molecule has 136 valence electrons. The van der Waals surface area contributed by atoms with Gasteiger partial charge in [-0.05, 0) is 19.1 Å². The lowest BCUT2D eigenvalue weighted by atomic mass is 9.97. The summed E-state index contributed by atoms with van der Waals surface area (Å²) < 4.78 is 44.4. The van der Waals surface area contributed by atoms with Crippen LogP contribution >= 0.6 is 11.8 Å². The second-order valence-corrected chi connectivity index (χ2v) is 7.71. The van der Waals surface area contributed by atoms with Gasteiger partial charge in [-0.15, -0.1) is 10.2 Å². The van der Waals surface area contributed by atoms with Gasteiger partial charge in [-0.25, -0.2) is 0 Å². The average molecular weight is 373 g/mol. The molecule has 1 N–H and O–H groups in total. The Balaban J connectivity index is 2.08. The third-order valence-corrected chi connectivity index (χ3v) is 4.12. The van der Waals surface area contributed by atoms with Gasteiger partial charge in [-0.3, -0.25) is 4.79 Å². The maximum atomic E-state index is 13.0. The van der Waals surface area contributed by atoms with Crippen LogP contribution in [0.2, 0.25) is 0 Å².